The number of carbonyl (C=O) groups excluding carboxylic acids is 1. The fourth-order valence-corrected chi connectivity index (χ4v) is 2.84. The molecule has 0 aromatic heterocycles. The zero-order chi connectivity index (χ0) is 16.9. The Morgan fingerprint density at radius 1 is 1.22 bits per heavy atom. The molecule has 1 aromatic carbocycles. The van der Waals surface area contributed by atoms with Gasteiger partial charge in [0.05, 0.1) is 0 Å². The van der Waals surface area contributed by atoms with E-state index in [-0.39, 0.29) is 18.0 Å². The van der Waals surface area contributed by atoms with Crippen LogP contribution in [0, 0.1) is 5.82 Å². The molecule has 1 aliphatic carbocycles. The van der Waals surface area contributed by atoms with E-state index < -0.39 is 5.60 Å². The van der Waals surface area contributed by atoms with E-state index >= 15 is 0 Å². The Hall–Kier alpha value is -1.62. The van der Waals surface area contributed by atoms with Crippen molar-refractivity contribution in [2.24, 2.45) is 0 Å². The van der Waals surface area contributed by atoms with Crippen LogP contribution in [0.2, 0.25) is 0 Å². The number of hydrogen-bond donors (Lipinski definition) is 2. The molecule has 0 heterocycles. The second-order valence-electron chi connectivity index (χ2n) is 7.18. The molecule has 2 N–H and O–H groups in total. The highest BCUT2D eigenvalue weighted by atomic mass is 19.1. The Bertz CT molecular complexity index is 511. The monoisotopic (exact) mass is 322 g/mol. The standard InChI is InChI=1S/C18H27FN2O2/c1-18(2,3)23-17(22)21-16-9-8-15(12-16)20-11-10-13-4-6-14(19)7-5-13/h4-7,15-16,20H,8-12H2,1-3H3,(H,21,22). The Morgan fingerprint density at radius 2 is 1.87 bits per heavy atom. The molecule has 23 heavy (non-hydrogen) atoms. The zero-order valence-electron chi connectivity index (χ0n) is 14.2. The molecule has 1 fully saturated rings. The number of amides is 1. The van der Waals surface area contributed by atoms with Crippen LogP contribution in [0.15, 0.2) is 24.3 Å². The molecule has 128 valence electrons. The van der Waals surface area contributed by atoms with Crippen LogP contribution in [0.1, 0.15) is 45.6 Å². The number of nitrogens with one attached hydrogen (secondary N) is 2. The van der Waals surface area contributed by atoms with Gasteiger partial charge in [0.1, 0.15) is 11.4 Å². The van der Waals surface area contributed by atoms with Gasteiger partial charge in [-0.05, 0) is 70.7 Å². The molecule has 1 amide bonds. The predicted molar refractivity (Wildman–Crippen MR) is 88.9 cm³/mol. The molecule has 0 spiro atoms. The van der Waals surface area contributed by atoms with E-state index in [1.54, 1.807) is 0 Å². The molecule has 1 aromatic rings. The molecule has 2 atom stereocenters. The van der Waals surface area contributed by atoms with Crippen molar-refractivity contribution in [3.63, 3.8) is 0 Å². The van der Waals surface area contributed by atoms with Gasteiger partial charge >= 0.3 is 6.09 Å². The van der Waals surface area contributed by atoms with Gasteiger partial charge in [0.25, 0.3) is 0 Å². The Labute approximate surface area is 137 Å². The van der Waals surface area contributed by atoms with E-state index in [4.69, 9.17) is 4.74 Å². The van der Waals surface area contributed by atoms with Crippen LogP contribution in [-0.4, -0.2) is 30.3 Å². The van der Waals surface area contributed by atoms with Gasteiger partial charge in [0.15, 0.2) is 0 Å². The van der Waals surface area contributed by atoms with E-state index in [0.717, 1.165) is 37.8 Å². The summed E-state index contributed by atoms with van der Waals surface area (Å²) in [6.07, 6.45) is 3.47. The van der Waals surface area contributed by atoms with E-state index in [1.165, 1.54) is 12.1 Å². The minimum Gasteiger partial charge on any atom is -0.444 e. The molecule has 2 rings (SSSR count). The minimum atomic E-state index is -0.463. The molecule has 0 saturated heterocycles. The van der Waals surface area contributed by atoms with Crippen molar-refractivity contribution in [3.8, 4) is 0 Å². The zero-order valence-corrected chi connectivity index (χ0v) is 14.2. The normalized spacial score (nSPS) is 21.2. The molecule has 4 nitrogen and oxygen atoms in total. The SMILES string of the molecule is CC(C)(C)OC(=O)NC1CCC(NCCc2ccc(F)cc2)C1. The quantitative estimate of drug-likeness (QED) is 0.873. The van der Waals surface area contributed by atoms with Crippen LogP contribution in [0.25, 0.3) is 0 Å². The van der Waals surface area contributed by atoms with Crippen LogP contribution in [-0.2, 0) is 11.2 Å². The van der Waals surface area contributed by atoms with E-state index in [1.807, 2.05) is 32.9 Å². The van der Waals surface area contributed by atoms with Crippen molar-refractivity contribution < 1.29 is 13.9 Å². The van der Waals surface area contributed by atoms with Crippen molar-refractivity contribution in [2.75, 3.05) is 6.54 Å². The molecule has 0 radical (unpaired) electrons. The third-order valence-electron chi connectivity index (χ3n) is 3.91. The van der Waals surface area contributed by atoms with Crippen molar-refractivity contribution in [2.45, 2.75) is 64.1 Å². The first-order valence-electron chi connectivity index (χ1n) is 8.29. The number of hydrogen-bond acceptors (Lipinski definition) is 3. The maximum atomic E-state index is 12.8. The van der Waals surface area contributed by atoms with Crippen LogP contribution in [0.3, 0.4) is 0 Å². The van der Waals surface area contributed by atoms with Crippen molar-refractivity contribution >= 4 is 6.09 Å². The van der Waals surface area contributed by atoms with Gasteiger partial charge in [0.2, 0.25) is 0 Å². The number of carbonyl (C=O) groups is 1. The largest absolute Gasteiger partial charge is 0.444 e. The van der Waals surface area contributed by atoms with Crippen molar-refractivity contribution in [3.05, 3.63) is 35.6 Å². The van der Waals surface area contributed by atoms with Crippen LogP contribution < -0.4 is 10.6 Å². The Balaban J connectivity index is 1.65. The molecule has 5 heteroatoms. The van der Waals surface area contributed by atoms with Gasteiger partial charge in [-0.3, -0.25) is 0 Å². The van der Waals surface area contributed by atoms with Crippen molar-refractivity contribution in [1.29, 1.82) is 0 Å². The lowest BCUT2D eigenvalue weighted by Gasteiger charge is -2.21. The summed E-state index contributed by atoms with van der Waals surface area (Å²) in [5.41, 5.74) is 0.663. The summed E-state index contributed by atoms with van der Waals surface area (Å²) in [4.78, 5) is 11.8. The molecule has 0 aliphatic heterocycles. The highest BCUT2D eigenvalue weighted by Gasteiger charge is 2.27. The topological polar surface area (TPSA) is 50.4 Å². The molecule has 1 saturated carbocycles. The summed E-state index contributed by atoms with van der Waals surface area (Å²) in [6, 6.07) is 7.21. The van der Waals surface area contributed by atoms with E-state index in [2.05, 4.69) is 10.6 Å². The maximum absolute atomic E-state index is 12.8. The summed E-state index contributed by atoms with van der Waals surface area (Å²) < 4.78 is 18.1. The first-order chi connectivity index (χ1) is 10.8. The van der Waals surface area contributed by atoms with Gasteiger partial charge < -0.3 is 15.4 Å². The lowest BCUT2D eigenvalue weighted by molar-refractivity contribution is 0.0505. The molecular weight excluding hydrogens is 295 g/mol. The third kappa shape index (κ3) is 6.57. The van der Waals surface area contributed by atoms with Crippen LogP contribution in [0.4, 0.5) is 9.18 Å². The first kappa shape index (κ1) is 17.7. The molecule has 0 bridgehead atoms. The summed E-state index contributed by atoms with van der Waals surface area (Å²) in [6.45, 7) is 6.44. The smallest absolute Gasteiger partial charge is 0.407 e. The molecule has 2 unspecified atom stereocenters. The van der Waals surface area contributed by atoms with Gasteiger partial charge in [-0.1, -0.05) is 12.1 Å². The lowest BCUT2D eigenvalue weighted by Crippen LogP contribution is -2.39. The second kappa shape index (κ2) is 7.77. The fraction of sp³-hybridized carbons (Fsp3) is 0.611. The van der Waals surface area contributed by atoms with Gasteiger partial charge in [-0.25, -0.2) is 9.18 Å². The number of alkyl carbamates (subject to hydrolysis) is 1. The minimum absolute atomic E-state index is 0.174. The van der Waals surface area contributed by atoms with E-state index in [0.29, 0.717) is 6.04 Å². The summed E-state index contributed by atoms with van der Waals surface area (Å²) in [5, 5.41) is 6.45. The van der Waals surface area contributed by atoms with Crippen LogP contribution in [0.5, 0.6) is 0 Å². The third-order valence-corrected chi connectivity index (χ3v) is 3.91. The fourth-order valence-electron chi connectivity index (χ4n) is 2.84. The summed E-state index contributed by atoms with van der Waals surface area (Å²) in [7, 11) is 0. The summed E-state index contributed by atoms with van der Waals surface area (Å²) in [5.74, 6) is -0.200. The maximum Gasteiger partial charge on any atom is 0.407 e. The number of ether oxygens (including phenoxy) is 1. The first-order valence-corrected chi connectivity index (χ1v) is 8.29. The number of rotatable bonds is 5. The Morgan fingerprint density at radius 3 is 2.52 bits per heavy atom. The van der Waals surface area contributed by atoms with Crippen LogP contribution >= 0.6 is 0 Å². The lowest BCUT2D eigenvalue weighted by atomic mass is 10.1. The van der Waals surface area contributed by atoms with Gasteiger partial charge in [-0.2, -0.15) is 0 Å². The number of benzene rings is 1. The second-order valence-corrected chi connectivity index (χ2v) is 7.18. The summed E-state index contributed by atoms with van der Waals surface area (Å²) >= 11 is 0. The molecule has 1 aliphatic rings. The molecular formula is C18H27FN2O2. The van der Waals surface area contributed by atoms with Gasteiger partial charge in [0, 0.05) is 12.1 Å². The van der Waals surface area contributed by atoms with E-state index in [9.17, 15) is 9.18 Å². The van der Waals surface area contributed by atoms with Crippen molar-refractivity contribution in [1.82, 2.24) is 10.6 Å². The highest BCUT2D eigenvalue weighted by Crippen LogP contribution is 2.20. The highest BCUT2D eigenvalue weighted by molar-refractivity contribution is 5.68. The number of halogens is 1. The average molecular weight is 322 g/mol. The average Bonchev–Trinajstić information content (AvgIpc) is 2.86. The Kier molecular flexibility index (Phi) is 5.99. The predicted octanol–water partition coefficient (Wildman–Crippen LogP) is 3.40. The van der Waals surface area contributed by atoms with Gasteiger partial charge in [-0.15, -0.1) is 0 Å².